The highest BCUT2D eigenvalue weighted by Gasteiger charge is 2.32. The van der Waals surface area contributed by atoms with Crippen LogP contribution in [0.1, 0.15) is 17.0 Å². The summed E-state index contributed by atoms with van der Waals surface area (Å²) in [6.07, 6.45) is 1.93. The summed E-state index contributed by atoms with van der Waals surface area (Å²) < 4.78 is 10.6. The smallest absolute Gasteiger partial charge is 0.233 e. The van der Waals surface area contributed by atoms with Crippen molar-refractivity contribution in [3.63, 3.8) is 0 Å². The predicted octanol–water partition coefficient (Wildman–Crippen LogP) is 3.14. The van der Waals surface area contributed by atoms with E-state index in [1.807, 2.05) is 43.3 Å². The number of amides is 1. The molecule has 0 saturated heterocycles. The third-order valence-corrected chi connectivity index (χ3v) is 4.32. The van der Waals surface area contributed by atoms with E-state index in [-0.39, 0.29) is 5.91 Å². The Bertz CT molecular complexity index is 918. The van der Waals surface area contributed by atoms with Gasteiger partial charge in [0.25, 0.3) is 0 Å². The van der Waals surface area contributed by atoms with Crippen molar-refractivity contribution in [3.8, 4) is 17.1 Å². The molecule has 1 aliphatic rings. The number of methoxy groups -OCH3 is 1. The SMILES string of the molecule is COc1ccc(-c2nc(C)c3c(n2)N(Cc2ccco2)C(=O)C3)cc1. The summed E-state index contributed by atoms with van der Waals surface area (Å²) in [5, 5.41) is 0. The van der Waals surface area contributed by atoms with E-state index < -0.39 is 0 Å². The molecule has 0 atom stereocenters. The van der Waals surface area contributed by atoms with Crippen LogP contribution in [0, 0.1) is 6.92 Å². The van der Waals surface area contributed by atoms with Crippen LogP contribution in [0.3, 0.4) is 0 Å². The molecule has 1 aromatic carbocycles. The van der Waals surface area contributed by atoms with E-state index in [2.05, 4.69) is 9.97 Å². The Balaban J connectivity index is 1.74. The summed E-state index contributed by atoms with van der Waals surface area (Å²) in [4.78, 5) is 23.3. The maximum atomic E-state index is 12.4. The lowest BCUT2D eigenvalue weighted by Gasteiger charge is -2.16. The maximum absolute atomic E-state index is 12.4. The molecule has 0 spiro atoms. The highest BCUT2D eigenvalue weighted by Crippen LogP contribution is 2.32. The van der Waals surface area contributed by atoms with Gasteiger partial charge < -0.3 is 9.15 Å². The summed E-state index contributed by atoms with van der Waals surface area (Å²) in [5.74, 6) is 2.77. The Morgan fingerprint density at radius 2 is 2.00 bits per heavy atom. The van der Waals surface area contributed by atoms with Crippen LogP contribution in [0.25, 0.3) is 11.4 Å². The van der Waals surface area contributed by atoms with Crippen LogP contribution in [-0.4, -0.2) is 23.0 Å². The first-order chi connectivity index (χ1) is 12.2. The van der Waals surface area contributed by atoms with Crippen LogP contribution in [0.2, 0.25) is 0 Å². The zero-order valence-electron chi connectivity index (χ0n) is 14.0. The molecule has 1 aliphatic heterocycles. The molecule has 6 nitrogen and oxygen atoms in total. The fraction of sp³-hybridized carbons (Fsp3) is 0.211. The largest absolute Gasteiger partial charge is 0.497 e. The van der Waals surface area contributed by atoms with E-state index in [4.69, 9.17) is 9.15 Å². The number of carbonyl (C=O) groups is 1. The molecule has 0 fully saturated rings. The van der Waals surface area contributed by atoms with E-state index in [0.717, 1.165) is 28.3 Å². The molecule has 0 unspecified atom stereocenters. The predicted molar refractivity (Wildman–Crippen MR) is 92.4 cm³/mol. The number of aromatic nitrogens is 2. The Hall–Kier alpha value is -3.15. The number of hydrogen-bond donors (Lipinski definition) is 0. The second kappa shape index (κ2) is 6.05. The number of fused-ring (bicyclic) bond motifs is 1. The Labute approximate surface area is 145 Å². The first-order valence-electron chi connectivity index (χ1n) is 8.00. The number of hydrogen-bond acceptors (Lipinski definition) is 5. The Kier molecular flexibility index (Phi) is 3.72. The molecular formula is C19H17N3O3. The van der Waals surface area contributed by atoms with Gasteiger partial charge in [0, 0.05) is 16.8 Å². The highest BCUT2D eigenvalue weighted by molar-refractivity contribution is 6.00. The van der Waals surface area contributed by atoms with Crippen LogP contribution in [0.5, 0.6) is 5.75 Å². The monoisotopic (exact) mass is 335 g/mol. The van der Waals surface area contributed by atoms with Crippen LogP contribution in [-0.2, 0) is 17.8 Å². The van der Waals surface area contributed by atoms with Gasteiger partial charge in [0.15, 0.2) is 5.82 Å². The van der Waals surface area contributed by atoms with Gasteiger partial charge in [0.2, 0.25) is 5.91 Å². The molecular weight excluding hydrogens is 318 g/mol. The van der Waals surface area contributed by atoms with Crippen molar-refractivity contribution >= 4 is 11.7 Å². The first-order valence-corrected chi connectivity index (χ1v) is 8.00. The molecule has 25 heavy (non-hydrogen) atoms. The summed E-state index contributed by atoms with van der Waals surface area (Å²) in [7, 11) is 1.63. The molecule has 3 heterocycles. The summed E-state index contributed by atoms with van der Waals surface area (Å²) in [5.41, 5.74) is 2.59. The minimum absolute atomic E-state index is 0.00989. The van der Waals surface area contributed by atoms with Crippen molar-refractivity contribution in [2.45, 2.75) is 19.9 Å². The second-order valence-electron chi connectivity index (χ2n) is 5.90. The third kappa shape index (κ3) is 2.76. The number of rotatable bonds is 4. The molecule has 0 aliphatic carbocycles. The van der Waals surface area contributed by atoms with Crippen LogP contribution < -0.4 is 9.64 Å². The fourth-order valence-corrected chi connectivity index (χ4v) is 2.97. The lowest BCUT2D eigenvalue weighted by atomic mass is 10.1. The lowest BCUT2D eigenvalue weighted by Crippen LogP contribution is -2.26. The number of benzene rings is 1. The van der Waals surface area contributed by atoms with Crippen molar-refractivity contribution in [1.82, 2.24) is 9.97 Å². The highest BCUT2D eigenvalue weighted by atomic mass is 16.5. The summed E-state index contributed by atoms with van der Waals surface area (Å²) in [6.45, 7) is 2.29. The number of nitrogens with zero attached hydrogens (tertiary/aromatic N) is 3. The molecule has 126 valence electrons. The molecule has 3 aromatic rings. The average molecular weight is 335 g/mol. The average Bonchev–Trinajstić information content (AvgIpc) is 3.25. The van der Waals surface area contributed by atoms with E-state index in [0.29, 0.717) is 24.6 Å². The lowest BCUT2D eigenvalue weighted by molar-refractivity contribution is -0.117. The van der Waals surface area contributed by atoms with Gasteiger partial charge in [-0.2, -0.15) is 0 Å². The number of aryl methyl sites for hydroxylation is 1. The Morgan fingerprint density at radius 3 is 2.68 bits per heavy atom. The first kappa shape index (κ1) is 15.4. The zero-order valence-corrected chi connectivity index (χ0v) is 14.0. The van der Waals surface area contributed by atoms with Crippen LogP contribution >= 0.6 is 0 Å². The van der Waals surface area contributed by atoms with Crippen LogP contribution in [0.4, 0.5) is 5.82 Å². The molecule has 1 amide bonds. The molecule has 0 saturated carbocycles. The van der Waals surface area contributed by atoms with E-state index in [1.165, 1.54) is 0 Å². The third-order valence-electron chi connectivity index (χ3n) is 4.32. The van der Waals surface area contributed by atoms with E-state index in [1.54, 1.807) is 18.3 Å². The zero-order chi connectivity index (χ0) is 17.4. The minimum atomic E-state index is 0.00989. The maximum Gasteiger partial charge on any atom is 0.233 e. The summed E-state index contributed by atoms with van der Waals surface area (Å²) >= 11 is 0. The van der Waals surface area contributed by atoms with E-state index >= 15 is 0 Å². The molecule has 0 radical (unpaired) electrons. The molecule has 4 rings (SSSR count). The van der Waals surface area contributed by atoms with Gasteiger partial charge in [0.1, 0.15) is 17.3 Å². The van der Waals surface area contributed by atoms with Crippen molar-refractivity contribution in [3.05, 3.63) is 59.7 Å². The van der Waals surface area contributed by atoms with Gasteiger partial charge in [-0.1, -0.05) is 0 Å². The molecule has 2 aromatic heterocycles. The van der Waals surface area contributed by atoms with Crippen molar-refractivity contribution in [2.75, 3.05) is 12.0 Å². The minimum Gasteiger partial charge on any atom is -0.497 e. The molecule has 6 heteroatoms. The standard InChI is InChI=1S/C19H17N3O3/c1-12-16-10-17(23)22(11-15-4-3-9-25-15)19(16)21-18(20-12)13-5-7-14(24-2)8-6-13/h3-9H,10-11H2,1-2H3. The number of ether oxygens (including phenoxy) is 1. The fourth-order valence-electron chi connectivity index (χ4n) is 2.97. The number of anilines is 1. The van der Waals surface area contributed by atoms with Crippen molar-refractivity contribution in [2.24, 2.45) is 0 Å². The van der Waals surface area contributed by atoms with Crippen LogP contribution in [0.15, 0.2) is 47.1 Å². The van der Waals surface area contributed by atoms with Gasteiger partial charge >= 0.3 is 0 Å². The van der Waals surface area contributed by atoms with E-state index in [9.17, 15) is 4.79 Å². The van der Waals surface area contributed by atoms with Crippen molar-refractivity contribution in [1.29, 1.82) is 0 Å². The molecule has 0 bridgehead atoms. The van der Waals surface area contributed by atoms with Gasteiger partial charge in [-0.25, -0.2) is 9.97 Å². The number of furan rings is 1. The van der Waals surface area contributed by atoms with Gasteiger partial charge in [0.05, 0.1) is 26.3 Å². The van der Waals surface area contributed by atoms with Crippen molar-refractivity contribution < 1.29 is 13.9 Å². The topological polar surface area (TPSA) is 68.5 Å². The Morgan fingerprint density at radius 1 is 1.20 bits per heavy atom. The normalized spacial score (nSPS) is 13.2. The quantitative estimate of drug-likeness (QED) is 0.733. The van der Waals surface area contributed by atoms with Gasteiger partial charge in [-0.15, -0.1) is 0 Å². The van der Waals surface area contributed by atoms with Gasteiger partial charge in [-0.3, -0.25) is 9.69 Å². The van der Waals surface area contributed by atoms with Gasteiger partial charge in [-0.05, 0) is 43.3 Å². The molecule has 0 N–H and O–H groups in total. The summed E-state index contributed by atoms with van der Waals surface area (Å²) in [6, 6.07) is 11.2. The number of carbonyl (C=O) groups excluding carboxylic acids is 1. The second-order valence-corrected chi connectivity index (χ2v) is 5.90.